The summed E-state index contributed by atoms with van der Waals surface area (Å²) in [4.78, 5) is 15.0. The number of aromatic nitrogens is 2. The highest BCUT2D eigenvalue weighted by atomic mass is 16.1. The van der Waals surface area contributed by atoms with Crippen LogP contribution in [0.2, 0.25) is 0 Å². The molecular formula is C15H24N4O. The number of amides is 1. The number of hydrogen-bond donors (Lipinski definition) is 1. The minimum absolute atomic E-state index is 0.0436. The van der Waals surface area contributed by atoms with Crippen molar-refractivity contribution in [2.24, 2.45) is 7.05 Å². The molecule has 2 aliphatic heterocycles. The van der Waals surface area contributed by atoms with Gasteiger partial charge in [0.1, 0.15) is 0 Å². The number of carbonyl (C=O) groups is 1. The second-order valence-corrected chi connectivity index (χ2v) is 6.36. The molecule has 2 aliphatic rings. The molecular weight excluding hydrogens is 252 g/mol. The van der Waals surface area contributed by atoms with E-state index in [0.717, 1.165) is 29.8 Å². The Morgan fingerprint density at radius 3 is 2.30 bits per heavy atom. The summed E-state index contributed by atoms with van der Waals surface area (Å²) in [6, 6.07) is 1.61. The largest absolute Gasteiger partial charge is 0.349 e. The van der Waals surface area contributed by atoms with Gasteiger partial charge < -0.3 is 10.2 Å². The lowest BCUT2D eigenvalue weighted by molar-refractivity contribution is 0.0881. The van der Waals surface area contributed by atoms with E-state index in [1.165, 1.54) is 12.8 Å². The minimum atomic E-state index is 0.0436. The number of carbonyl (C=O) groups excluding carboxylic acids is 1. The molecule has 2 atom stereocenters. The first-order valence-electron chi connectivity index (χ1n) is 7.50. The zero-order valence-electron chi connectivity index (χ0n) is 12.8. The Balaban J connectivity index is 1.71. The van der Waals surface area contributed by atoms with E-state index in [0.29, 0.717) is 18.1 Å². The van der Waals surface area contributed by atoms with Gasteiger partial charge in [-0.2, -0.15) is 5.10 Å². The SMILES string of the molecule is Cc1nn(C)c(C)c1C(=O)NC1CC2CCC(C1)N2C. The van der Waals surface area contributed by atoms with Crippen LogP contribution in [0.5, 0.6) is 0 Å². The predicted molar refractivity (Wildman–Crippen MR) is 77.7 cm³/mol. The lowest BCUT2D eigenvalue weighted by atomic mass is 9.97. The summed E-state index contributed by atoms with van der Waals surface area (Å²) in [5.74, 6) is 0.0436. The minimum Gasteiger partial charge on any atom is -0.349 e. The topological polar surface area (TPSA) is 50.2 Å². The van der Waals surface area contributed by atoms with Gasteiger partial charge in [0.2, 0.25) is 0 Å². The first-order chi connectivity index (χ1) is 9.47. The van der Waals surface area contributed by atoms with Gasteiger partial charge in [-0.1, -0.05) is 0 Å². The first-order valence-corrected chi connectivity index (χ1v) is 7.50. The lowest BCUT2D eigenvalue weighted by Crippen LogP contribution is -2.48. The Hall–Kier alpha value is -1.36. The van der Waals surface area contributed by atoms with Gasteiger partial charge >= 0.3 is 0 Å². The Labute approximate surface area is 120 Å². The van der Waals surface area contributed by atoms with Crippen molar-refractivity contribution in [1.29, 1.82) is 0 Å². The third-order valence-corrected chi connectivity index (χ3v) is 5.17. The highest BCUT2D eigenvalue weighted by molar-refractivity contribution is 5.96. The molecule has 2 unspecified atom stereocenters. The van der Waals surface area contributed by atoms with Crippen LogP contribution < -0.4 is 5.32 Å². The fourth-order valence-corrected chi connectivity index (χ4v) is 3.89. The van der Waals surface area contributed by atoms with Gasteiger partial charge in [0.05, 0.1) is 11.3 Å². The molecule has 3 heterocycles. The maximum absolute atomic E-state index is 12.5. The molecule has 0 saturated carbocycles. The number of rotatable bonds is 2. The molecule has 1 aromatic heterocycles. The Morgan fingerprint density at radius 1 is 1.20 bits per heavy atom. The van der Waals surface area contributed by atoms with Gasteiger partial charge in [0.25, 0.3) is 5.91 Å². The predicted octanol–water partition coefficient (Wildman–Crippen LogP) is 1.39. The smallest absolute Gasteiger partial charge is 0.255 e. The van der Waals surface area contributed by atoms with E-state index in [9.17, 15) is 4.79 Å². The zero-order chi connectivity index (χ0) is 14.4. The van der Waals surface area contributed by atoms with Crippen LogP contribution in [0.3, 0.4) is 0 Å². The van der Waals surface area contributed by atoms with E-state index >= 15 is 0 Å². The van der Waals surface area contributed by atoms with Crippen LogP contribution in [0, 0.1) is 13.8 Å². The number of hydrogen-bond acceptors (Lipinski definition) is 3. The second kappa shape index (κ2) is 4.88. The fourth-order valence-electron chi connectivity index (χ4n) is 3.89. The van der Waals surface area contributed by atoms with Crippen LogP contribution >= 0.6 is 0 Å². The van der Waals surface area contributed by atoms with Gasteiger partial charge in [0, 0.05) is 30.9 Å². The maximum atomic E-state index is 12.5. The summed E-state index contributed by atoms with van der Waals surface area (Å²) in [6.45, 7) is 3.85. The van der Waals surface area contributed by atoms with Crippen LogP contribution in [-0.2, 0) is 7.05 Å². The fraction of sp³-hybridized carbons (Fsp3) is 0.733. The number of nitrogens with zero attached hydrogens (tertiary/aromatic N) is 3. The summed E-state index contributed by atoms with van der Waals surface area (Å²) in [5.41, 5.74) is 2.51. The number of aryl methyl sites for hydroxylation is 2. The van der Waals surface area contributed by atoms with Crippen LogP contribution in [-0.4, -0.2) is 45.8 Å². The molecule has 1 aromatic rings. The molecule has 20 heavy (non-hydrogen) atoms. The van der Waals surface area contributed by atoms with Crippen molar-refractivity contribution in [1.82, 2.24) is 20.0 Å². The van der Waals surface area contributed by atoms with Crippen molar-refractivity contribution in [3.8, 4) is 0 Å². The van der Waals surface area contributed by atoms with Gasteiger partial charge in [0.15, 0.2) is 0 Å². The van der Waals surface area contributed by atoms with Crippen molar-refractivity contribution >= 4 is 5.91 Å². The molecule has 1 N–H and O–H groups in total. The van der Waals surface area contributed by atoms with Crippen LogP contribution in [0.25, 0.3) is 0 Å². The number of piperidine rings is 1. The highest BCUT2D eigenvalue weighted by Gasteiger charge is 2.39. The standard InChI is InChI=1S/C15H24N4O/c1-9-14(10(2)19(4)17-9)15(20)16-11-7-12-5-6-13(8-11)18(12)3/h11-13H,5-8H2,1-4H3,(H,16,20). The zero-order valence-corrected chi connectivity index (χ0v) is 12.8. The first kappa shape index (κ1) is 13.6. The monoisotopic (exact) mass is 276 g/mol. The van der Waals surface area contributed by atoms with Crippen molar-refractivity contribution in [3.05, 3.63) is 17.0 Å². The Morgan fingerprint density at radius 2 is 1.80 bits per heavy atom. The van der Waals surface area contributed by atoms with Gasteiger partial charge in [-0.25, -0.2) is 0 Å². The normalized spacial score (nSPS) is 29.7. The summed E-state index contributed by atoms with van der Waals surface area (Å²) in [5, 5.41) is 7.56. The van der Waals surface area contributed by atoms with Crippen LogP contribution in [0.1, 0.15) is 47.4 Å². The highest BCUT2D eigenvalue weighted by Crippen LogP contribution is 2.34. The van der Waals surface area contributed by atoms with Crippen molar-refractivity contribution in [2.75, 3.05) is 7.05 Å². The maximum Gasteiger partial charge on any atom is 0.255 e. The average molecular weight is 276 g/mol. The molecule has 2 saturated heterocycles. The molecule has 5 nitrogen and oxygen atoms in total. The van der Waals surface area contributed by atoms with Crippen molar-refractivity contribution < 1.29 is 4.79 Å². The Bertz CT molecular complexity index is 522. The van der Waals surface area contributed by atoms with E-state index in [4.69, 9.17) is 0 Å². The molecule has 5 heteroatoms. The average Bonchev–Trinajstić information content (AvgIpc) is 2.74. The van der Waals surface area contributed by atoms with E-state index in [1.807, 2.05) is 20.9 Å². The summed E-state index contributed by atoms with van der Waals surface area (Å²) >= 11 is 0. The molecule has 110 valence electrons. The molecule has 0 radical (unpaired) electrons. The number of nitrogens with one attached hydrogen (secondary N) is 1. The molecule has 0 aliphatic carbocycles. The molecule has 0 aromatic carbocycles. The molecule has 0 spiro atoms. The van der Waals surface area contributed by atoms with Crippen molar-refractivity contribution in [2.45, 2.75) is 57.7 Å². The molecule has 3 rings (SSSR count). The number of fused-ring (bicyclic) bond motifs is 2. The Kier molecular flexibility index (Phi) is 3.32. The molecule has 2 fully saturated rings. The third kappa shape index (κ3) is 2.14. The van der Waals surface area contributed by atoms with E-state index in [2.05, 4.69) is 22.4 Å². The molecule has 2 bridgehead atoms. The summed E-state index contributed by atoms with van der Waals surface area (Å²) in [7, 11) is 4.10. The summed E-state index contributed by atoms with van der Waals surface area (Å²) < 4.78 is 1.78. The summed E-state index contributed by atoms with van der Waals surface area (Å²) in [6.07, 6.45) is 4.71. The van der Waals surface area contributed by atoms with Gasteiger partial charge in [-0.05, 0) is 46.6 Å². The van der Waals surface area contributed by atoms with E-state index < -0.39 is 0 Å². The molecule has 1 amide bonds. The van der Waals surface area contributed by atoms with E-state index in [-0.39, 0.29) is 5.91 Å². The van der Waals surface area contributed by atoms with Crippen molar-refractivity contribution in [3.63, 3.8) is 0 Å². The van der Waals surface area contributed by atoms with E-state index in [1.54, 1.807) is 4.68 Å². The quantitative estimate of drug-likeness (QED) is 0.888. The third-order valence-electron chi connectivity index (χ3n) is 5.17. The van der Waals surface area contributed by atoms with Crippen LogP contribution in [0.15, 0.2) is 0 Å². The second-order valence-electron chi connectivity index (χ2n) is 6.36. The van der Waals surface area contributed by atoms with Gasteiger partial charge in [-0.3, -0.25) is 9.48 Å². The van der Waals surface area contributed by atoms with Gasteiger partial charge in [-0.15, -0.1) is 0 Å². The lowest BCUT2D eigenvalue weighted by Gasteiger charge is -2.36. The van der Waals surface area contributed by atoms with Crippen LogP contribution in [0.4, 0.5) is 0 Å².